The lowest BCUT2D eigenvalue weighted by Gasteiger charge is -2.03. The van der Waals surface area contributed by atoms with Crippen LogP contribution in [0.3, 0.4) is 0 Å². The Labute approximate surface area is 112 Å². The maximum atomic E-state index is 12.3. The highest BCUT2D eigenvalue weighted by atomic mass is 35.5. The van der Waals surface area contributed by atoms with Gasteiger partial charge in [-0.2, -0.15) is 4.57 Å². The molecule has 0 fully saturated rings. The summed E-state index contributed by atoms with van der Waals surface area (Å²) in [7, 11) is 0. The molecule has 0 radical (unpaired) electrons. The van der Waals surface area contributed by atoms with Gasteiger partial charge in [0.1, 0.15) is 5.76 Å². The fourth-order valence-electron chi connectivity index (χ4n) is 1.93. The number of hydrogen-bond acceptors (Lipinski definition) is 3. The monoisotopic (exact) mass is 276 g/mol. The van der Waals surface area contributed by atoms with Crippen LogP contribution in [0.15, 0.2) is 44.3 Å². The molecule has 0 saturated heterocycles. The summed E-state index contributed by atoms with van der Waals surface area (Å²) in [6.45, 7) is 1.74. The molecule has 19 heavy (non-hydrogen) atoms. The molecular formula is C13H9ClN2O3. The van der Waals surface area contributed by atoms with Crippen molar-refractivity contribution < 1.29 is 4.42 Å². The molecule has 0 saturated carbocycles. The van der Waals surface area contributed by atoms with Crippen LogP contribution in [0.5, 0.6) is 0 Å². The molecule has 0 aliphatic rings. The maximum absolute atomic E-state index is 12.3. The van der Waals surface area contributed by atoms with Gasteiger partial charge in [-0.3, -0.25) is 4.79 Å². The molecule has 2 aromatic heterocycles. The van der Waals surface area contributed by atoms with Crippen LogP contribution in [0, 0.1) is 6.92 Å². The molecule has 3 aromatic rings. The predicted octanol–water partition coefficient (Wildman–Crippen LogP) is 2.23. The quantitative estimate of drug-likeness (QED) is 0.741. The molecule has 0 bridgehead atoms. The van der Waals surface area contributed by atoms with Crippen molar-refractivity contribution in [3.05, 3.63) is 62.0 Å². The smallest absolute Gasteiger partial charge is 0.335 e. The van der Waals surface area contributed by atoms with Gasteiger partial charge in [0.25, 0.3) is 5.56 Å². The number of hydrogen-bond donors (Lipinski definition) is 1. The van der Waals surface area contributed by atoms with Gasteiger partial charge < -0.3 is 9.40 Å². The van der Waals surface area contributed by atoms with Crippen LogP contribution in [-0.2, 0) is 0 Å². The van der Waals surface area contributed by atoms with Gasteiger partial charge in [-0.15, -0.1) is 0 Å². The van der Waals surface area contributed by atoms with Crippen molar-refractivity contribution in [2.75, 3.05) is 0 Å². The van der Waals surface area contributed by atoms with E-state index in [1.165, 1.54) is 6.07 Å². The molecule has 6 heteroatoms. The number of nitrogens with one attached hydrogen (secondary N) is 1. The summed E-state index contributed by atoms with van der Waals surface area (Å²) in [6.07, 6.45) is 0. The molecular weight excluding hydrogens is 268 g/mol. The Morgan fingerprint density at radius 2 is 2.00 bits per heavy atom. The van der Waals surface area contributed by atoms with Crippen molar-refractivity contribution >= 4 is 22.5 Å². The average Bonchev–Trinajstić information content (AvgIpc) is 2.77. The van der Waals surface area contributed by atoms with Gasteiger partial charge in [0, 0.05) is 11.1 Å². The van der Waals surface area contributed by atoms with E-state index in [4.69, 9.17) is 16.0 Å². The number of rotatable bonds is 1. The van der Waals surface area contributed by atoms with Gasteiger partial charge >= 0.3 is 5.69 Å². The van der Waals surface area contributed by atoms with Gasteiger partial charge in [0.05, 0.1) is 10.9 Å². The number of benzene rings is 1. The van der Waals surface area contributed by atoms with Gasteiger partial charge in [0.2, 0.25) is 5.88 Å². The second-order valence-corrected chi connectivity index (χ2v) is 4.58. The number of aromatic nitrogens is 2. The van der Waals surface area contributed by atoms with E-state index >= 15 is 0 Å². The van der Waals surface area contributed by atoms with Crippen molar-refractivity contribution in [1.29, 1.82) is 0 Å². The Bertz CT molecular complexity index is 889. The normalized spacial score (nSPS) is 11.1. The molecule has 0 aliphatic heterocycles. The lowest BCUT2D eigenvalue weighted by molar-refractivity contribution is 0.501. The predicted molar refractivity (Wildman–Crippen MR) is 72.2 cm³/mol. The zero-order chi connectivity index (χ0) is 13.6. The van der Waals surface area contributed by atoms with Crippen LogP contribution < -0.4 is 11.2 Å². The topological polar surface area (TPSA) is 68.0 Å². The fraction of sp³-hybridized carbons (Fsp3) is 0.0769. The standard InChI is InChI=1S/C13H9ClN2O3/c1-7-2-5-11(19-7)16-12(17)9-6-8(14)3-4-10(9)15-13(16)18/h2-6H,1H3,(H,15,18). The van der Waals surface area contributed by atoms with Crippen LogP contribution in [0.4, 0.5) is 0 Å². The van der Waals surface area contributed by atoms with E-state index in [9.17, 15) is 9.59 Å². The first-order valence-electron chi connectivity index (χ1n) is 5.58. The number of fused-ring (bicyclic) bond motifs is 1. The first-order valence-corrected chi connectivity index (χ1v) is 5.95. The van der Waals surface area contributed by atoms with Crippen LogP contribution >= 0.6 is 11.6 Å². The van der Waals surface area contributed by atoms with Crippen LogP contribution in [0.25, 0.3) is 16.8 Å². The second kappa shape index (κ2) is 4.13. The molecule has 2 heterocycles. The van der Waals surface area contributed by atoms with Crippen molar-refractivity contribution in [2.24, 2.45) is 0 Å². The molecule has 96 valence electrons. The van der Waals surface area contributed by atoms with E-state index < -0.39 is 11.2 Å². The molecule has 5 nitrogen and oxygen atoms in total. The number of halogens is 1. The van der Waals surface area contributed by atoms with E-state index in [2.05, 4.69) is 4.98 Å². The number of nitrogens with zero attached hydrogens (tertiary/aromatic N) is 1. The van der Waals surface area contributed by atoms with E-state index in [0.29, 0.717) is 21.7 Å². The van der Waals surface area contributed by atoms with Gasteiger partial charge in [-0.25, -0.2) is 4.79 Å². The summed E-state index contributed by atoms with van der Waals surface area (Å²) < 4.78 is 6.27. The molecule has 0 unspecified atom stereocenters. The van der Waals surface area contributed by atoms with Crippen LogP contribution in [-0.4, -0.2) is 9.55 Å². The lowest BCUT2D eigenvalue weighted by atomic mass is 10.2. The van der Waals surface area contributed by atoms with E-state index in [1.807, 2.05) is 0 Å². The minimum atomic E-state index is -0.547. The van der Waals surface area contributed by atoms with Crippen LogP contribution in [0.2, 0.25) is 5.02 Å². The minimum Gasteiger partial charge on any atom is -0.445 e. The van der Waals surface area contributed by atoms with Gasteiger partial charge in [-0.05, 0) is 31.2 Å². The third-order valence-electron chi connectivity index (χ3n) is 2.81. The Morgan fingerprint density at radius 3 is 2.68 bits per heavy atom. The summed E-state index contributed by atoms with van der Waals surface area (Å²) >= 11 is 5.87. The zero-order valence-electron chi connectivity index (χ0n) is 9.94. The molecule has 3 rings (SSSR count). The van der Waals surface area contributed by atoms with Crippen molar-refractivity contribution in [3.8, 4) is 5.88 Å². The first-order chi connectivity index (χ1) is 9.06. The lowest BCUT2D eigenvalue weighted by Crippen LogP contribution is -2.33. The van der Waals surface area contributed by atoms with E-state index in [0.717, 1.165) is 4.57 Å². The highest BCUT2D eigenvalue weighted by molar-refractivity contribution is 6.31. The Kier molecular flexibility index (Phi) is 2.57. The highest BCUT2D eigenvalue weighted by Crippen LogP contribution is 2.14. The molecule has 0 atom stereocenters. The van der Waals surface area contributed by atoms with Gasteiger partial charge in [0.15, 0.2) is 0 Å². The minimum absolute atomic E-state index is 0.186. The summed E-state index contributed by atoms with van der Waals surface area (Å²) in [5.74, 6) is 0.804. The summed E-state index contributed by atoms with van der Waals surface area (Å²) in [4.78, 5) is 26.9. The molecule has 0 aliphatic carbocycles. The van der Waals surface area contributed by atoms with Crippen LogP contribution in [0.1, 0.15) is 5.76 Å². The third-order valence-corrected chi connectivity index (χ3v) is 3.04. The summed E-state index contributed by atoms with van der Waals surface area (Å²) in [5, 5.41) is 0.764. The van der Waals surface area contributed by atoms with Crippen molar-refractivity contribution in [2.45, 2.75) is 6.92 Å². The summed E-state index contributed by atoms with van der Waals surface area (Å²) in [6, 6.07) is 7.98. The molecule has 0 spiro atoms. The van der Waals surface area contributed by atoms with Gasteiger partial charge in [-0.1, -0.05) is 11.6 Å². The van der Waals surface area contributed by atoms with Crippen molar-refractivity contribution in [1.82, 2.24) is 9.55 Å². The van der Waals surface area contributed by atoms with E-state index in [1.54, 1.807) is 31.2 Å². The largest absolute Gasteiger partial charge is 0.445 e. The molecule has 0 amide bonds. The second-order valence-electron chi connectivity index (χ2n) is 4.14. The maximum Gasteiger partial charge on any atom is 0.335 e. The zero-order valence-corrected chi connectivity index (χ0v) is 10.7. The summed E-state index contributed by atoms with van der Waals surface area (Å²) in [5.41, 5.74) is -0.566. The highest BCUT2D eigenvalue weighted by Gasteiger charge is 2.12. The average molecular weight is 277 g/mol. The SMILES string of the molecule is Cc1ccc(-n2c(=O)[nH]c3ccc(Cl)cc3c2=O)o1. The Balaban J connectivity index is 2.43. The number of aromatic amines is 1. The third kappa shape index (κ3) is 1.88. The number of furan rings is 1. The van der Waals surface area contributed by atoms with E-state index in [-0.39, 0.29) is 5.88 Å². The number of H-pyrrole nitrogens is 1. The Morgan fingerprint density at radius 1 is 1.21 bits per heavy atom. The Hall–Kier alpha value is -2.27. The molecule has 1 N–H and O–H groups in total. The molecule has 1 aromatic carbocycles. The fourth-order valence-corrected chi connectivity index (χ4v) is 2.10. The number of aryl methyl sites for hydroxylation is 1. The van der Waals surface area contributed by atoms with Crippen molar-refractivity contribution in [3.63, 3.8) is 0 Å². The first kappa shape index (κ1) is 11.8.